The standard InChI is InChI=1S/C49H71N3O7Si2/c1-9-10-26-57-44-23-17-22-42(31-44)35-51-45(32-40-18-13-11-14-19-40)48(59-39-56-28-30-61(6,7)8)37-50(34-41-20-15-12-16-21-41)52(49(51)53)36-43-24-25-46(47(33-43)54-2)58-38-55-27-29-60(3,4)5/h11-25,31,33,45,48H,9-10,26-30,32,34-39H2,1-8H3/t45-,48-/m1/s1. The molecule has 332 valence electrons. The maximum atomic E-state index is 15.6. The van der Waals surface area contributed by atoms with Crippen LogP contribution in [0.15, 0.2) is 103 Å². The summed E-state index contributed by atoms with van der Waals surface area (Å²) in [6, 6.07) is 36.4. The van der Waals surface area contributed by atoms with Gasteiger partial charge in [0.05, 0.1) is 32.4 Å². The second kappa shape index (κ2) is 23.9. The zero-order chi connectivity index (χ0) is 43.7. The summed E-state index contributed by atoms with van der Waals surface area (Å²) in [7, 11) is -0.886. The molecule has 0 aromatic heterocycles. The second-order valence-corrected chi connectivity index (χ2v) is 29.7. The molecule has 0 radical (unpaired) electrons. The molecule has 0 saturated carbocycles. The van der Waals surface area contributed by atoms with E-state index < -0.39 is 16.1 Å². The number of carbonyl (C=O) groups excluding carboxylic acids is 1. The van der Waals surface area contributed by atoms with Gasteiger partial charge in [-0.05, 0) is 71.4 Å². The van der Waals surface area contributed by atoms with E-state index in [1.54, 1.807) is 7.11 Å². The highest BCUT2D eigenvalue weighted by atomic mass is 28.3. The molecular weight excluding hydrogens is 799 g/mol. The summed E-state index contributed by atoms with van der Waals surface area (Å²) < 4.78 is 36.9. The molecule has 61 heavy (non-hydrogen) atoms. The molecule has 4 aromatic rings. The number of amides is 2. The fourth-order valence-corrected chi connectivity index (χ4v) is 8.59. The Morgan fingerprint density at radius 2 is 1.28 bits per heavy atom. The first-order valence-electron chi connectivity index (χ1n) is 22.0. The van der Waals surface area contributed by atoms with Crippen LogP contribution in [0, 0.1) is 0 Å². The summed E-state index contributed by atoms with van der Waals surface area (Å²) >= 11 is 0. The van der Waals surface area contributed by atoms with Crippen LogP contribution in [-0.4, -0.2) is 96.3 Å². The highest BCUT2D eigenvalue weighted by molar-refractivity contribution is 6.76. The molecule has 1 fully saturated rings. The van der Waals surface area contributed by atoms with E-state index in [0.717, 1.165) is 52.9 Å². The van der Waals surface area contributed by atoms with Crippen molar-refractivity contribution in [1.29, 1.82) is 0 Å². The number of urea groups is 1. The van der Waals surface area contributed by atoms with Crippen LogP contribution in [0.4, 0.5) is 4.79 Å². The van der Waals surface area contributed by atoms with E-state index in [-0.39, 0.29) is 31.8 Å². The molecule has 2 amide bonds. The minimum absolute atomic E-state index is 0.116. The second-order valence-electron chi connectivity index (χ2n) is 18.4. The van der Waals surface area contributed by atoms with Gasteiger partial charge in [-0.1, -0.05) is 131 Å². The molecule has 2 atom stereocenters. The Balaban J connectivity index is 1.52. The summed E-state index contributed by atoms with van der Waals surface area (Å²) in [5, 5.41) is 4.03. The fraction of sp³-hybridized carbons (Fsp3) is 0.490. The van der Waals surface area contributed by atoms with E-state index in [4.69, 9.17) is 28.4 Å². The molecule has 1 aliphatic rings. The Labute approximate surface area is 368 Å². The summed E-state index contributed by atoms with van der Waals surface area (Å²) in [6.45, 7) is 20.1. The van der Waals surface area contributed by atoms with Crippen LogP contribution in [0.3, 0.4) is 0 Å². The van der Waals surface area contributed by atoms with Gasteiger partial charge in [-0.15, -0.1) is 0 Å². The van der Waals surface area contributed by atoms with Crippen LogP contribution in [0.25, 0.3) is 0 Å². The van der Waals surface area contributed by atoms with Crippen molar-refractivity contribution >= 4 is 22.2 Å². The van der Waals surface area contributed by atoms with Gasteiger partial charge in [0.15, 0.2) is 18.3 Å². The van der Waals surface area contributed by atoms with Crippen molar-refractivity contribution in [2.45, 2.75) is 109 Å². The smallest absolute Gasteiger partial charge is 0.335 e. The zero-order valence-electron chi connectivity index (χ0n) is 38.1. The van der Waals surface area contributed by atoms with Crippen LogP contribution in [0.1, 0.15) is 42.0 Å². The van der Waals surface area contributed by atoms with Gasteiger partial charge in [0.25, 0.3) is 0 Å². The van der Waals surface area contributed by atoms with Crippen LogP contribution >= 0.6 is 0 Å². The first kappa shape index (κ1) is 47.9. The van der Waals surface area contributed by atoms with Gasteiger partial charge in [0.1, 0.15) is 12.5 Å². The van der Waals surface area contributed by atoms with E-state index >= 15 is 4.79 Å². The van der Waals surface area contributed by atoms with Crippen molar-refractivity contribution in [2.75, 3.05) is 47.1 Å². The van der Waals surface area contributed by atoms with Crippen molar-refractivity contribution < 1.29 is 33.2 Å². The lowest BCUT2D eigenvalue weighted by atomic mass is 9.98. The van der Waals surface area contributed by atoms with E-state index in [2.05, 4.69) is 99.7 Å². The van der Waals surface area contributed by atoms with Crippen LogP contribution in [0.5, 0.6) is 17.2 Å². The topological polar surface area (TPSA) is 82.2 Å². The number of hydrogen-bond acceptors (Lipinski definition) is 8. The Bertz CT molecular complexity index is 1890. The zero-order valence-corrected chi connectivity index (χ0v) is 40.1. The average Bonchev–Trinajstić information content (AvgIpc) is 3.31. The number of hydrazine groups is 1. The molecule has 0 N–H and O–H groups in total. The number of hydrogen-bond donors (Lipinski definition) is 0. The van der Waals surface area contributed by atoms with Gasteiger partial charge in [0.2, 0.25) is 0 Å². The SMILES string of the molecule is CCCCOc1cccc(CN2C(=O)N(Cc3ccc(OCOCC[Si](C)(C)C)c(OC)c3)N(Cc3ccccc3)C[C@@H](OCOCC[Si](C)(C)C)[C@H]2Cc2ccccc2)c1. The van der Waals surface area contributed by atoms with Gasteiger partial charge in [-0.25, -0.2) is 9.80 Å². The third kappa shape index (κ3) is 16.2. The number of rotatable bonds is 25. The highest BCUT2D eigenvalue weighted by Crippen LogP contribution is 2.32. The summed E-state index contributed by atoms with van der Waals surface area (Å²) in [6.07, 6.45) is 2.24. The molecule has 0 unspecified atom stereocenters. The fourth-order valence-electron chi connectivity index (χ4n) is 7.08. The van der Waals surface area contributed by atoms with E-state index in [1.807, 2.05) is 64.5 Å². The predicted molar refractivity (Wildman–Crippen MR) is 251 cm³/mol. The largest absolute Gasteiger partial charge is 0.494 e. The highest BCUT2D eigenvalue weighted by Gasteiger charge is 2.42. The van der Waals surface area contributed by atoms with Crippen molar-refractivity contribution in [1.82, 2.24) is 14.9 Å². The minimum Gasteiger partial charge on any atom is -0.494 e. The molecular formula is C49H71N3O7Si2. The molecule has 12 heteroatoms. The van der Waals surface area contributed by atoms with E-state index in [1.165, 1.54) is 0 Å². The number of methoxy groups -OCH3 is 1. The van der Waals surface area contributed by atoms with Gasteiger partial charge in [-0.3, -0.25) is 5.01 Å². The lowest BCUT2D eigenvalue weighted by molar-refractivity contribution is -0.118. The molecule has 1 aliphatic heterocycles. The van der Waals surface area contributed by atoms with Crippen molar-refractivity contribution in [2.24, 2.45) is 0 Å². The first-order chi connectivity index (χ1) is 29.3. The van der Waals surface area contributed by atoms with Gasteiger partial charge in [-0.2, -0.15) is 0 Å². The number of benzene rings is 4. The summed E-state index contributed by atoms with van der Waals surface area (Å²) in [5.41, 5.74) is 4.10. The molecule has 5 rings (SSSR count). The van der Waals surface area contributed by atoms with Crippen molar-refractivity contribution in [3.8, 4) is 17.2 Å². The Hall–Kier alpha value is -4.18. The van der Waals surface area contributed by atoms with Crippen LogP contribution in [0.2, 0.25) is 51.4 Å². The summed E-state index contributed by atoms with van der Waals surface area (Å²) in [4.78, 5) is 17.6. The third-order valence-electron chi connectivity index (χ3n) is 10.8. The van der Waals surface area contributed by atoms with Crippen LogP contribution in [-0.2, 0) is 40.3 Å². The molecule has 0 bridgehead atoms. The normalized spacial score (nSPS) is 16.4. The molecule has 1 saturated heterocycles. The molecule has 4 aromatic carbocycles. The first-order valence-corrected chi connectivity index (χ1v) is 29.4. The van der Waals surface area contributed by atoms with Crippen molar-refractivity contribution in [3.63, 3.8) is 0 Å². The Morgan fingerprint density at radius 1 is 0.639 bits per heavy atom. The van der Waals surface area contributed by atoms with Gasteiger partial charge < -0.3 is 33.3 Å². The quantitative estimate of drug-likeness (QED) is 0.0370. The maximum Gasteiger partial charge on any atom is 0.335 e. The maximum absolute atomic E-state index is 15.6. The lowest BCUT2D eigenvalue weighted by Gasteiger charge is -2.36. The van der Waals surface area contributed by atoms with Crippen molar-refractivity contribution in [3.05, 3.63) is 125 Å². The van der Waals surface area contributed by atoms with Gasteiger partial charge in [0, 0.05) is 49.0 Å². The number of carbonyl (C=O) groups is 1. The monoisotopic (exact) mass is 869 g/mol. The number of nitrogens with zero attached hydrogens (tertiary/aromatic N) is 3. The Kier molecular flexibility index (Phi) is 18.7. The van der Waals surface area contributed by atoms with Gasteiger partial charge >= 0.3 is 6.03 Å². The molecule has 0 spiro atoms. The molecule has 0 aliphatic carbocycles. The van der Waals surface area contributed by atoms with E-state index in [9.17, 15) is 0 Å². The summed E-state index contributed by atoms with van der Waals surface area (Å²) in [5.74, 6) is 1.98. The van der Waals surface area contributed by atoms with E-state index in [0.29, 0.717) is 63.9 Å². The molecule has 10 nitrogen and oxygen atoms in total. The predicted octanol–water partition coefficient (Wildman–Crippen LogP) is 10.7. The minimum atomic E-state index is -1.31. The Morgan fingerprint density at radius 3 is 1.93 bits per heavy atom. The third-order valence-corrected chi connectivity index (χ3v) is 14.2. The molecule has 1 heterocycles. The number of unbranched alkanes of at least 4 members (excludes halogenated alkanes) is 1. The lowest BCUT2D eigenvalue weighted by Crippen LogP contribution is -2.51. The van der Waals surface area contributed by atoms with Crippen LogP contribution < -0.4 is 14.2 Å². The number of ether oxygens (including phenoxy) is 6. The average molecular weight is 870 g/mol.